The average Bonchev–Trinajstić information content (AvgIpc) is 3.20. The Balaban J connectivity index is 1.23. The van der Waals surface area contributed by atoms with Gasteiger partial charge in [0.2, 0.25) is 5.91 Å². The highest BCUT2D eigenvalue weighted by Crippen LogP contribution is 2.36. The van der Waals surface area contributed by atoms with E-state index >= 15 is 0 Å². The Morgan fingerprint density at radius 1 is 1.02 bits per heavy atom. The Bertz CT molecular complexity index is 1530. The van der Waals surface area contributed by atoms with Gasteiger partial charge in [0.25, 0.3) is 11.1 Å². The Kier molecular flexibility index (Phi) is 8.39. The van der Waals surface area contributed by atoms with Gasteiger partial charge in [-0.1, -0.05) is 35.3 Å². The predicted molar refractivity (Wildman–Crippen MR) is 153 cm³/mol. The van der Waals surface area contributed by atoms with Crippen molar-refractivity contribution in [1.29, 1.82) is 0 Å². The van der Waals surface area contributed by atoms with Crippen LogP contribution in [0.15, 0.2) is 59.5 Å². The van der Waals surface area contributed by atoms with Crippen LogP contribution in [-0.2, 0) is 16.2 Å². The lowest BCUT2D eigenvalue weighted by Gasteiger charge is -2.19. The number of anilines is 1. The van der Waals surface area contributed by atoms with E-state index < -0.39 is 23.6 Å². The summed E-state index contributed by atoms with van der Waals surface area (Å²) < 4.78 is 22.3. The van der Waals surface area contributed by atoms with Crippen molar-refractivity contribution < 1.29 is 33.3 Å². The third-order valence-electron chi connectivity index (χ3n) is 5.88. The molecule has 206 valence electrons. The van der Waals surface area contributed by atoms with Crippen LogP contribution >= 0.6 is 35.0 Å². The van der Waals surface area contributed by atoms with Gasteiger partial charge in [-0.25, -0.2) is 0 Å². The minimum absolute atomic E-state index is 0.181. The molecule has 0 atom stereocenters. The number of methoxy groups -OCH3 is 1. The Labute approximate surface area is 243 Å². The molecule has 2 aliphatic rings. The van der Waals surface area contributed by atoms with Gasteiger partial charge in [0.1, 0.15) is 26.4 Å². The highest BCUT2D eigenvalue weighted by atomic mass is 35.5. The minimum Gasteiger partial charge on any atom is -0.493 e. The van der Waals surface area contributed by atoms with Gasteiger partial charge < -0.3 is 24.3 Å². The van der Waals surface area contributed by atoms with Gasteiger partial charge >= 0.3 is 0 Å². The van der Waals surface area contributed by atoms with E-state index in [0.717, 1.165) is 22.2 Å². The maximum Gasteiger partial charge on any atom is 0.294 e. The summed E-state index contributed by atoms with van der Waals surface area (Å²) in [6.07, 6.45) is 1.56. The van der Waals surface area contributed by atoms with Gasteiger partial charge in [0.15, 0.2) is 23.0 Å². The molecule has 1 N–H and O–H groups in total. The number of imide groups is 1. The maximum atomic E-state index is 13.0. The van der Waals surface area contributed by atoms with E-state index in [0.29, 0.717) is 57.5 Å². The fourth-order valence-electron chi connectivity index (χ4n) is 3.94. The number of carbonyl (C=O) groups is 3. The predicted octanol–water partition coefficient (Wildman–Crippen LogP) is 6.03. The Morgan fingerprint density at radius 2 is 1.82 bits per heavy atom. The molecule has 0 unspecified atom stereocenters. The summed E-state index contributed by atoms with van der Waals surface area (Å²) in [5.74, 6) is 0.904. The molecule has 40 heavy (non-hydrogen) atoms. The summed E-state index contributed by atoms with van der Waals surface area (Å²) in [4.78, 5) is 39.2. The van der Waals surface area contributed by atoms with Gasteiger partial charge in [-0.15, -0.1) is 0 Å². The van der Waals surface area contributed by atoms with Crippen LogP contribution in [-0.4, -0.2) is 48.8 Å². The SMILES string of the molecule is COc1cc(/C=C2/SC(=O)N(CC(=O)Nc3ccc4c(c3)OCCO4)C2=O)ccc1OCc1ccc(Cl)cc1Cl. The molecule has 1 fully saturated rings. The number of nitrogens with one attached hydrogen (secondary N) is 1. The van der Waals surface area contributed by atoms with E-state index in [9.17, 15) is 14.4 Å². The van der Waals surface area contributed by atoms with Crippen LogP contribution in [0.25, 0.3) is 6.08 Å². The summed E-state index contributed by atoms with van der Waals surface area (Å²) in [5, 5.41) is 3.15. The fraction of sp³-hybridized carbons (Fsp3) is 0.179. The Morgan fingerprint density at radius 3 is 2.60 bits per heavy atom. The summed E-state index contributed by atoms with van der Waals surface area (Å²) >= 11 is 12.9. The fourth-order valence-corrected chi connectivity index (χ4v) is 5.24. The number of thioether (sulfide) groups is 1. The summed E-state index contributed by atoms with van der Waals surface area (Å²) in [6.45, 7) is 0.627. The van der Waals surface area contributed by atoms with Gasteiger partial charge in [-0.3, -0.25) is 19.3 Å². The van der Waals surface area contributed by atoms with Crippen LogP contribution in [0.1, 0.15) is 11.1 Å². The second-order valence-electron chi connectivity index (χ2n) is 8.61. The van der Waals surface area contributed by atoms with E-state index in [4.69, 9.17) is 42.1 Å². The second kappa shape index (κ2) is 12.1. The summed E-state index contributed by atoms with van der Waals surface area (Å²) in [7, 11) is 1.50. The number of hydrogen-bond acceptors (Lipinski definition) is 8. The van der Waals surface area contributed by atoms with Crippen LogP contribution in [0.2, 0.25) is 10.0 Å². The zero-order chi connectivity index (χ0) is 28.2. The molecule has 2 aliphatic heterocycles. The molecule has 1 saturated heterocycles. The number of rotatable bonds is 8. The van der Waals surface area contributed by atoms with Crippen molar-refractivity contribution in [1.82, 2.24) is 4.90 Å². The molecule has 0 aliphatic carbocycles. The lowest BCUT2D eigenvalue weighted by molar-refractivity contribution is -0.127. The molecule has 0 saturated carbocycles. The van der Waals surface area contributed by atoms with Crippen molar-refractivity contribution in [3.8, 4) is 23.0 Å². The van der Waals surface area contributed by atoms with Crippen LogP contribution < -0.4 is 24.3 Å². The first-order valence-corrected chi connectivity index (χ1v) is 13.6. The van der Waals surface area contributed by atoms with E-state index in [1.165, 1.54) is 7.11 Å². The van der Waals surface area contributed by atoms with Crippen molar-refractivity contribution in [3.63, 3.8) is 0 Å². The molecule has 3 aromatic rings. The van der Waals surface area contributed by atoms with Crippen molar-refractivity contribution >= 4 is 63.8 Å². The molecule has 0 aromatic heterocycles. The summed E-state index contributed by atoms with van der Waals surface area (Å²) in [6, 6.07) is 15.2. The molecule has 5 rings (SSSR count). The molecule has 0 spiro atoms. The quantitative estimate of drug-likeness (QED) is 0.313. The number of fused-ring (bicyclic) bond motifs is 1. The van der Waals surface area contributed by atoms with Gasteiger partial charge in [0.05, 0.1) is 12.0 Å². The zero-order valence-electron chi connectivity index (χ0n) is 21.1. The average molecular weight is 601 g/mol. The summed E-state index contributed by atoms with van der Waals surface area (Å²) in [5.41, 5.74) is 1.83. The van der Waals surface area contributed by atoms with E-state index in [2.05, 4.69) is 5.32 Å². The zero-order valence-corrected chi connectivity index (χ0v) is 23.4. The number of halogens is 2. The molecule has 0 bridgehead atoms. The van der Waals surface area contributed by atoms with E-state index in [1.807, 2.05) is 0 Å². The number of carbonyl (C=O) groups excluding carboxylic acids is 3. The third kappa shape index (κ3) is 6.30. The van der Waals surface area contributed by atoms with Crippen molar-refractivity contribution in [2.24, 2.45) is 0 Å². The Hall–Kier alpha value is -3.86. The highest BCUT2D eigenvalue weighted by molar-refractivity contribution is 8.18. The van der Waals surface area contributed by atoms with Crippen LogP contribution in [0.5, 0.6) is 23.0 Å². The molecule has 3 amide bonds. The number of amides is 3. The van der Waals surface area contributed by atoms with Crippen LogP contribution in [0.4, 0.5) is 10.5 Å². The van der Waals surface area contributed by atoms with Gasteiger partial charge in [0, 0.05) is 27.4 Å². The smallest absolute Gasteiger partial charge is 0.294 e. The molecular formula is C28H22Cl2N2O7S. The molecule has 12 heteroatoms. The van der Waals surface area contributed by atoms with Crippen LogP contribution in [0.3, 0.4) is 0 Å². The van der Waals surface area contributed by atoms with Crippen molar-refractivity contribution in [2.75, 3.05) is 32.2 Å². The maximum absolute atomic E-state index is 13.0. The largest absolute Gasteiger partial charge is 0.493 e. The monoisotopic (exact) mass is 600 g/mol. The number of benzene rings is 3. The van der Waals surface area contributed by atoms with E-state index in [-0.39, 0.29) is 11.5 Å². The normalized spacial score (nSPS) is 15.4. The molecule has 3 aromatic carbocycles. The first kappa shape index (κ1) is 27.7. The molecule has 9 nitrogen and oxygen atoms in total. The third-order valence-corrected chi connectivity index (χ3v) is 7.38. The second-order valence-corrected chi connectivity index (χ2v) is 10.4. The molecule has 2 heterocycles. The van der Waals surface area contributed by atoms with E-state index in [1.54, 1.807) is 60.7 Å². The first-order chi connectivity index (χ1) is 19.3. The first-order valence-electron chi connectivity index (χ1n) is 12.0. The molecular weight excluding hydrogens is 579 g/mol. The standard InChI is InChI=1S/C28H22Cl2N2O7S/c1-36-23-10-16(2-6-21(23)39-15-17-3-4-18(29)12-20(17)30)11-25-27(34)32(28(35)40-25)14-26(33)31-19-5-7-22-24(13-19)38-9-8-37-22/h2-7,10-13H,8-9,14-15H2,1H3,(H,31,33)/b25-11+. The van der Waals surface area contributed by atoms with Crippen LogP contribution in [0, 0.1) is 0 Å². The lowest BCUT2D eigenvalue weighted by atomic mass is 10.1. The van der Waals surface area contributed by atoms with Crippen molar-refractivity contribution in [3.05, 3.63) is 80.7 Å². The minimum atomic E-state index is -0.566. The number of hydrogen-bond donors (Lipinski definition) is 1. The topological polar surface area (TPSA) is 103 Å². The number of nitrogens with zero attached hydrogens (tertiary/aromatic N) is 1. The van der Waals surface area contributed by atoms with Gasteiger partial charge in [-0.2, -0.15) is 0 Å². The lowest BCUT2D eigenvalue weighted by Crippen LogP contribution is -2.36. The highest BCUT2D eigenvalue weighted by Gasteiger charge is 2.36. The van der Waals surface area contributed by atoms with Gasteiger partial charge in [-0.05, 0) is 59.8 Å². The number of ether oxygens (including phenoxy) is 4. The van der Waals surface area contributed by atoms with Crippen molar-refractivity contribution in [2.45, 2.75) is 6.61 Å². The molecule has 0 radical (unpaired) electrons.